The van der Waals surface area contributed by atoms with Gasteiger partial charge in [0, 0.05) is 18.3 Å². The fourth-order valence-corrected chi connectivity index (χ4v) is 4.51. The van der Waals surface area contributed by atoms with E-state index >= 15 is 0 Å². The van der Waals surface area contributed by atoms with Gasteiger partial charge in [-0.05, 0) is 18.6 Å². The largest absolute Gasteiger partial charge is 0.393 e. The van der Waals surface area contributed by atoms with Crippen molar-refractivity contribution in [3.05, 3.63) is 70.8 Å². The zero-order chi connectivity index (χ0) is 28.4. The van der Waals surface area contributed by atoms with Gasteiger partial charge in [-0.25, -0.2) is 18.4 Å². The van der Waals surface area contributed by atoms with Crippen LogP contribution in [0.15, 0.2) is 59.4 Å². The van der Waals surface area contributed by atoms with Crippen molar-refractivity contribution in [3.8, 4) is 0 Å². The lowest BCUT2D eigenvalue weighted by Crippen LogP contribution is -2.43. The Balaban J connectivity index is 0.000000211. The van der Waals surface area contributed by atoms with Crippen LogP contribution in [0.5, 0.6) is 0 Å². The maximum absolute atomic E-state index is 14.4. The van der Waals surface area contributed by atoms with E-state index < -0.39 is 60.1 Å². The fraction of sp³-hybridized carbons (Fsp3) is 0.500. The highest BCUT2D eigenvalue weighted by Gasteiger charge is 2.54. The van der Waals surface area contributed by atoms with Crippen LogP contribution in [-0.4, -0.2) is 65.6 Å². The molecule has 0 aliphatic carbocycles. The van der Waals surface area contributed by atoms with Gasteiger partial charge >= 0.3 is 11.4 Å². The summed E-state index contributed by atoms with van der Waals surface area (Å²) in [5.41, 5.74) is 6.92. The van der Waals surface area contributed by atoms with Crippen molar-refractivity contribution in [1.29, 1.82) is 0 Å². The summed E-state index contributed by atoms with van der Waals surface area (Å²) in [5.74, 6) is -0.287. The van der Waals surface area contributed by atoms with E-state index in [1.165, 1.54) is 24.5 Å². The summed E-state index contributed by atoms with van der Waals surface area (Å²) in [6.45, 7) is 10.1. The number of rotatable bonds is 6. The molecule has 8 atom stereocenters. The Kier molecular flexibility index (Phi) is 8.51. The minimum absolute atomic E-state index is 0.00709. The molecule has 2 saturated heterocycles. The van der Waals surface area contributed by atoms with Crippen LogP contribution < -0.4 is 22.8 Å². The van der Waals surface area contributed by atoms with E-state index in [0.717, 1.165) is 15.2 Å². The molecule has 4 heterocycles. The van der Waals surface area contributed by atoms with E-state index in [9.17, 15) is 28.6 Å². The molecule has 0 radical (unpaired) electrons. The predicted octanol–water partition coefficient (Wildman–Crippen LogP) is 0.634. The monoisotopic (exact) mass is 538 g/mol. The number of aromatic nitrogens is 4. The first-order chi connectivity index (χ1) is 17.9. The Morgan fingerprint density at radius 3 is 1.79 bits per heavy atom. The van der Waals surface area contributed by atoms with Crippen LogP contribution in [0.25, 0.3) is 0 Å². The molecule has 2 aromatic rings. The quantitative estimate of drug-likeness (QED) is 0.381. The molecule has 2 aliphatic rings. The van der Waals surface area contributed by atoms with Gasteiger partial charge in [-0.1, -0.05) is 26.0 Å². The first-order valence-corrected chi connectivity index (χ1v) is 11.8. The number of hydrogen-bond donors (Lipinski definition) is 4. The second-order valence-electron chi connectivity index (χ2n) is 9.05. The molecule has 4 rings (SSSR count). The van der Waals surface area contributed by atoms with Gasteiger partial charge in [-0.2, -0.15) is 9.97 Å². The SMILES string of the molecule is C=C[C@]1(CC)O[C@@H](n2ccc(N)nc2=O)[C@@H](F)[C@@H]1C.C=C[C@]1(CO)O[C@@H](n2ccc(N)nc2=O)[C@@H](F)[C@@H]1O. The molecule has 2 fully saturated rings. The van der Waals surface area contributed by atoms with Gasteiger partial charge in [0.1, 0.15) is 23.3 Å². The van der Waals surface area contributed by atoms with Gasteiger partial charge in [0.25, 0.3) is 0 Å². The van der Waals surface area contributed by atoms with E-state index in [0.29, 0.717) is 6.42 Å². The molecule has 38 heavy (non-hydrogen) atoms. The van der Waals surface area contributed by atoms with Gasteiger partial charge in [-0.3, -0.25) is 9.13 Å². The van der Waals surface area contributed by atoms with Crippen molar-refractivity contribution >= 4 is 11.6 Å². The van der Waals surface area contributed by atoms with E-state index in [4.69, 9.17) is 20.9 Å². The van der Waals surface area contributed by atoms with Crippen LogP contribution in [0.4, 0.5) is 20.4 Å². The van der Waals surface area contributed by atoms with Gasteiger partial charge in [0.05, 0.1) is 12.2 Å². The van der Waals surface area contributed by atoms with E-state index in [1.54, 1.807) is 13.0 Å². The summed E-state index contributed by atoms with van der Waals surface area (Å²) in [6, 6.07) is 2.75. The number of halogens is 2. The molecule has 14 heteroatoms. The fourth-order valence-electron chi connectivity index (χ4n) is 4.51. The van der Waals surface area contributed by atoms with E-state index in [-0.39, 0.29) is 17.6 Å². The predicted molar refractivity (Wildman–Crippen MR) is 134 cm³/mol. The second kappa shape index (κ2) is 11.1. The molecule has 2 aliphatic heterocycles. The van der Waals surface area contributed by atoms with Crippen LogP contribution in [0, 0.1) is 5.92 Å². The number of aliphatic hydroxyl groups is 2. The smallest absolute Gasteiger partial charge is 0.351 e. The summed E-state index contributed by atoms with van der Waals surface area (Å²) >= 11 is 0. The Morgan fingerprint density at radius 1 is 1.00 bits per heavy atom. The Bertz CT molecular complexity index is 1190. The van der Waals surface area contributed by atoms with Crippen molar-refractivity contribution in [1.82, 2.24) is 19.1 Å². The summed E-state index contributed by atoms with van der Waals surface area (Å²) < 4.78 is 41.5. The van der Waals surface area contributed by atoms with Crippen LogP contribution in [-0.2, 0) is 9.47 Å². The minimum atomic E-state index is -1.91. The van der Waals surface area contributed by atoms with Gasteiger partial charge in [0.2, 0.25) is 0 Å². The first kappa shape index (κ1) is 29.1. The third-order valence-corrected chi connectivity index (χ3v) is 7.02. The molecule has 2 aromatic heterocycles. The molecule has 12 nitrogen and oxygen atoms in total. The second-order valence-corrected chi connectivity index (χ2v) is 9.05. The molecule has 208 valence electrons. The van der Waals surface area contributed by atoms with E-state index in [2.05, 4.69) is 23.1 Å². The van der Waals surface area contributed by atoms with Crippen LogP contribution >= 0.6 is 0 Å². The molecule has 6 N–H and O–H groups in total. The lowest BCUT2D eigenvalue weighted by Gasteiger charge is -2.27. The number of nitrogens with zero attached hydrogens (tertiary/aromatic N) is 4. The first-order valence-electron chi connectivity index (χ1n) is 11.8. The number of ether oxygens (including phenoxy) is 2. The third kappa shape index (κ3) is 4.99. The highest BCUT2D eigenvalue weighted by molar-refractivity contribution is 5.24. The van der Waals surface area contributed by atoms with Crippen LogP contribution in [0.2, 0.25) is 0 Å². The standard InChI is InChI=1S/C13H18FN3O2.C11H14FN3O4/c1-4-13(5-2)8(3)10(14)11(19-13)17-7-6-9(15)16-12(17)18;1-2-11(5-16)8(17)7(12)9(19-11)15-4-3-6(13)14-10(15)18/h4,6-8,10-11H,1,5H2,2-3H3,(H2,15,16,18);2-4,7-9,16-17H,1,5H2,(H2,13,14,18)/t8-,10-,11+,13+;7-,8-,9+,11+/m00/s1. The Hall–Kier alpha value is -3.46. The van der Waals surface area contributed by atoms with Crippen molar-refractivity contribution in [2.24, 2.45) is 5.92 Å². The summed E-state index contributed by atoms with van der Waals surface area (Å²) in [4.78, 5) is 30.4. The van der Waals surface area contributed by atoms with Gasteiger partial charge in [0.15, 0.2) is 24.8 Å². The van der Waals surface area contributed by atoms with Gasteiger partial charge < -0.3 is 31.2 Å². The summed E-state index contributed by atoms with van der Waals surface area (Å²) in [6.07, 6.45) is -1.31. The number of nitrogens with two attached hydrogens (primary N) is 2. The molecule has 0 amide bonds. The number of hydrogen-bond acceptors (Lipinski definition) is 10. The number of aliphatic hydroxyl groups excluding tert-OH is 2. The zero-order valence-electron chi connectivity index (χ0n) is 21.0. The normalized spacial score (nSPS) is 34.4. The molecule has 0 spiro atoms. The average molecular weight is 539 g/mol. The average Bonchev–Trinajstić information content (AvgIpc) is 3.30. The third-order valence-electron chi connectivity index (χ3n) is 7.02. The molecule has 0 unspecified atom stereocenters. The maximum atomic E-state index is 14.4. The molecular weight excluding hydrogens is 506 g/mol. The van der Waals surface area contributed by atoms with Gasteiger partial charge in [-0.15, -0.1) is 13.2 Å². The highest BCUT2D eigenvalue weighted by Crippen LogP contribution is 2.45. The van der Waals surface area contributed by atoms with Crippen molar-refractivity contribution in [3.63, 3.8) is 0 Å². The van der Waals surface area contributed by atoms with E-state index in [1.807, 2.05) is 6.92 Å². The highest BCUT2D eigenvalue weighted by atomic mass is 19.1. The van der Waals surface area contributed by atoms with Crippen molar-refractivity contribution < 1.29 is 28.5 Å². The Labute approximate surface area is 216 Å². The summed E-state index contributed by atoms with van der Waals surface area (Å²) in [7, 11) is 0. The Morgan fingerprint density at radius 2 is 1.45 bits per heavy atom. The number of anilines is 2. The number of nitrogen functional groups attached to an aromatic ring is 2. The van der Waals surface area contributed by atoms with Crippen molar-refractivity contribution in [2.45, 2.75) is 62.4 Å². The molecule has 0 aromatic carbocycles. The summed E-state index contributed by atoms with van der Waals surface area (Å²) in [5, 5.41) is 19.0. The molecule has 0 saturated carbocycles. The topological polar surface area (TPSA) is 181 Å². The number of alkyl halides is 2. The minimum Gasteiger partial charge on any atom is -0.393 e. The van der Waals surface area contributed by atoms with Crippen LogP contribution in [0.1, 0.15) is 32.7 Å². The lowest BCUT2D eigenvalue weighted by molar-refractivity contribution is -0.0982. The van der Waals surface area contributed by atoms with Crippen molar-refractivity contribution in [2.75, 3.05) is 18.1 Å². The molecular formula is C24H32F2N6O6. The maximum Gasteiger partial charge on any atom is 0.351 e. The van der Waals surface area contributed by atoms with Crippen LogP contribution in [0.3, 0.4) is 0 Å². The molecule has 0 bridgehead atoms. The lowest BCUT2D eigenvalue weighted by atomic mass is 9.85. The zero-order valence-corrected chi connectivity index (χ0v) is 21.0.